The highest BCUT2D eigenvalue weighted by Gasteiger charge is 2.38. The van der Waals surface area contributed by atoms with Crippen molar-refractivity contribution in [3.05, 3.63) is 52.0 Å². The molecule has 0 aliphatic carbocycles. The summed E-state index contributed by atoms with van der Waals surface area (Å²) in [6, 6.07) is 9.19. The fourth-order valence-corrected chi connectivity index (χ4v) is 2.88. The summed E-state index contributed by atoms with van der Waals surface area (Å²) in [5.41, 5.74) is -0.443. The van der Waals surface area contributed by atoms with Gasteiger partial charge >= 0.3 is 6.18 Å². The molecule has 0 aliphatic rings. The van der Waals surface area contributed by atoms with Crippen molar-refractivity contribution >= 4 is 11.3 Å². The van der Waals surface area contributed by atoms with Crippen LogP contribution in [0.4, 0.5) is 13.2 Å². The van der Waals surface area contributed by atoms with Crippen molar-refractivity contribution in [2.45, 2.75) is 31.5 Å². The molecule has 0 spiro atoms. The minimum absolute atomic E-state index is 0.246. The molecule has 1 aromatic carbocycles. The van der Waals surface area contributed by atoms with E-state index in [9.17, 15) is 18.3 Å². The highest BCUT2D eigenvalue weighted by Crippen LogP contribution is 2.38. The Labute approximate surface area is 118 Å². The highest BCUT2D eigenvalue weighted by atomic mass is 32.1. The maximum Gasteiger partial charge on any atom is 0.443 e. The van der Waals surface area contributed by atoms with Gasteiger partial charge in [0.15, 0.2) is 5.01 Å². The molecule has 20 heavy (non-hydrogen) atoms. The fourth-order valence-electron chi connectivity index (χ4n) is 1.94. The number of aromatic nitrogens is 1. The van der Waals surface area contributed by atoms with Crippen molar-refractivity contribution in [1.82, 2.24) is 4.98 Å². The Morgan fingerprint density at radius 2 is 1.85 bits per heavy atom. The van der Waals surface area contributed by atoms with Gasteiger partial charge in [-0.1, -0.05) is 37.3 Å². The van der Waals surface area contributed by atoms with E-state index in [1.165, 1.54) is 0 Å². The van der Waals surface area contributed by atoms with Crippen molar-refractivity contribution in [3.8, 4) is 0 Å². The molecule has 2 aromatic rings. The third kappa shape index (κ3) is 3.19. The molecule has 0 saturated carbocycles. The predicted octanol–water partition coefficient (Wildman–Crippen LogP) is 4.00. The average molecular weight is 301 g/mol. The molecule has 0 radical (unpaired) electrons. The second-order valence-corrected chi connectivity index (χ2v) is 5.61. The van der Waals surface area contributed by atoms with Crippen molar-refractivity contribution in [3.63, 3.8) is 0 Å². The first-order chi connectivity index (χ1) is 9.35. The molecule has 1 unspecified atom stereocenters. The van der Waals surface area contributed by atoms with E-state index in [0.29, 0.717) is 17.8 Å². The van der Waals surface area contributed by atoms with Crippen LogP contribution >= 0.6 is 11.3 Å². The smallest absolute Gasteiger partial charge is 0.384 e. The van der Waals surface area contributed by atoms with E-state index in [1.54, 1.807) is 6.92 Å². The van der Waals surface area contributed by atoms with Crippen LogP contribution in [0.15, 0.2) is 36.5 Å². The number of alkyl halides is 3. The van der Waals surface area contributed by atoms with E-state index in [0.717, 1.165) is 11.8 Å². The van der Waals surface area contributed by atoms with Gasteiger partial charge in [0.05, 0.1) is 4.88 Å². The Balaban J connectivity index is 2.29. The van der Waals surface area contributed by atoms with E-state index in [-0.39, 0.29) is 11.3 Å². The molecule has 2 rings (SSSR count). The van der Waals surface area contributed by atoms with Gasteiger partial charge in [0.1, 0.15) is 5.60 Å². The largest absolute Gasteiger partial charge is 0.443 e. The highest BCUT2D eigenvalue weighted by molar-refractivity contribution is 7.11. The molecule has 1 atom stereocenters. The first-order valence-corrected chi connectivity index (χ1v) is 6.96. The summed E-state index contributed by atoms with van der Waals surface area (Å²) in [6.45, 7) is 1.75. The number of hydrogen-bond acceptors (Lipinski definition) is 3. The molecule has 0 aliphatic heterocycles. The minimum atomic E-state index is -4.47. The first-order valence-electron chi connectivity index (χ1n) is 6.15. The summed E-state index contributed by atoms with van der Waals surface area (Å²) in [4.78, 5) is 3.62. The second kappa shape index (κ2) is 5.54. The predicted molar refractivity (Wildman–Crippen MR) is 71.4 cm³/mol. The lowest BCUT2D eigenvalue weighted by molar-refractivity contribution is -0.137. The molecule has 1 N–H and O–H groups in total. The maximum absolute atomic E-state index is 12.6. The zero-order chi connectivity index (χ0) is 14.8. The summed E-state index contributed by atoms with van der Waals surface area (Å²) in [7, 11) is 0. The Hall–Kier alpha value is -1.40. The second-order valence-electron chi connectivity index (χ2n) is 4.57. The Bertz CT molecular complexity index is 567. The summed E-state index contributed by atoms with van der Waals surface area (Å²) >= 11 is 0.504. The Morgan fingerprint density at radius 1 is 1.20 bits per heavy atom. The average Bonchev–Trinajstić information content (AvgIpc) is 2.90. The van der Waals surface area contributed by atoms with Crippen LogP contribution in [0.25, 0.3) is 0 Å². The lowest BCUT2D eigenvalue weighted by Crippen LogP contribution is -2.26. The molecule has 0 fully saturated rings. The van der Waals surface area contributed by atoms with Gasteiger partial charge in [-0.2, -0.15) is 13.2 Å². The van der Waals surface area contributed by atoms with Crippen LogP contribution in [0.3, 0.4) is 0 Å². The summed E-state index contributed by atoms with van der Waals surface area (Å²) in [5.74, 6) is 0. The zero-order valence-corrected chi connectivity index (χ0v) is 11.6. The number of benzene rings is 1. The summed E-state index contributed by atoms with van der Waals surface area (Å²) < 4.78 is 37.8. The monoisotopic (exact) mass is 301 g/mol. The van der Waals surface area contributed by atoms with Gasteiger partial charge in [-0.15, -0.1) is 11.3 Å². The molecule has 108 valence electrons. The zero-order valence-electron chi connectivity index (χ0n) is 10.8. The van der Waals surface area contributed by atoms with Gasteiger partial charge in [0.25, 0.3) is 0 Å². The SMILES string of the molecule is CCC(O)(Cc1ccccc1)c1cnc(C(F)(F)F)s1. The van der Waals surface area contributed by atoms with Crippen LogP contribution in [0.5, 0.6) is 0 Å². The van der Waals surface area contributed by atoms with Crippen LogP contribution in [0.1, 0.15) is 28.8 Å². The van der Waals surface area contributed by atoms with Crippen molar-refractivity contribution in [1.29, 1.82) is 0 Å². The lowest BCUT2D eigenvalue weighted by atomic mass is 9.91. The number of aliphatic hydroxyl groups is 1. The standard InChI is InChI=1S/C14H14F3NOS/c1-2-13(19,8-10-6-4-3-5-7-10)11-9-18-12(20-11)14(15,16)17/h3-7,9,19H,2,8H2,1H3. The van der Waals surface area contributed by atoms with Gasteiger partial charge in [0.2, 0.25) is 0 Å². The van der Waals surface area contributed by atoms with E-state index < -0.39 is 16.8 Å². The van der Waals surface area contributed by atoms with E-state index in [4.69, 9.17) is 0 Å². The molecule has 1 heterocycles. The molecule has 0 amide bonds. The van der Waals surface area contributed by atoms with Crippen LogP contribution < -0.4 is 0 Å². The van der Waals surface area contributed by atoms with Gasteiger partial charge < -0.3 is 5.11 Å². The van der Waals surface area contributed by atoms with Crippen molar-refractivity contribution < 1.29 is 18.3 Å². The van der Waals surface area contributed by atoms with Crippen LogP contribution in [-0.2, 0) is 18.2 Å². The third-order valence-corrected chi connectivity index (χ3v) is 4.37. The van der Waals surface area contributed by atoms with Gasteiger partial charge in [-0.25, -0.2) is 4.98 Å². The van der Waals surface area contributed by atoms with E-state index in [1.807, 2.05) is 30.3 Å². The topological polar surface area (TPSA) is 33.1 Å². The molecular formula is C14H14F3NOS. The maximum atomic E-state index is 12.6. The number of hydrogen-bond donors (Lipinski definition) is 1. The van der Waals surface area contributed by atoms with Crippen LogP contribution in [0, 0.1) is 0 Å². The minimum Gasteiger partial charge on any atom is -0.384 e. The van der Waals surface area contributed by atoms with Gasteiger partial charge in [-0.3, -0.25) is 0 Å². The summed E-state index contributed by atoms with van der Waals surface area (Å²) in [6.07, 6.45) is -2.75. The fraction of sp³-hybridized carbons (Fsp3) is 0.357. The van der Waals surface area contributed by atoms with Crippen LogP contribution in [-0.4, -0.2) is 10.1 Å². The van der Waals surface area contributed by atoms with Gasteiger partial charge in [0, 0.05) is 12.6 Å². The third-order valence-electron chi connectivity index (χ3n) is 3.13. The van der Waals surface area contributed by atoms with E-state index >= 15 is 0 Å². The molecule has 2 nitrogen and oxygen atoms in total. The lowest BCUT2D eigenvalue weighted by Gasteiger charge is -2.25. The van der Waals surface area contributed by atoms with Crippen LogP contribution in [0.2, 0.25) is 0 Å². The number of thiazole rings is 1. The van der Waals surface area contributed by atoms with Gasteiger partial charge in [-0.05, 0) is 12.0 Å². The van der Waals surface area contributed by atoms with Crippen molar-refractivity contribution in [2.24, 2.45) is 0 Å². The Kier molecular flexibility index (Phi) is 4.15. The molecule has 6 heteroatoms. The number of halogens is 3. The first kappa shape index (κ1) is 15.0. The normalized spacial score (nSPS) is 15.1. The molecule has 0 saturated heterocycles. The number of nitrogens with zero attached hydrogens (tertiary/aromatic N) is 1. The molecule has 1 aromatic heterocycles. The molecular weight excluding hydrogens is 287 g/mol. The summed E-state index contributed by atoms with van der Waals surface area (Å²) in [5, 5.41) is 9.70. The molecule has 0 bridgehead atoms. The number of rotatable bonds is 4. The Morgan fingerprint density at radius 3 is 2.35 bits per heavy atom. The van der Waals surface area contributed by atoms with Crippen molar-refractivity contribution in [2.75, 3.05) is 0 Å². The van der Waals surface area contributed by atoms with E-state index in [2.05, 4.69) is 4.98 Å². The quantitative estimate of drug-likeness (QED) is 0.926.